The summed E-state index contributed by atoms with van der Waals surface area (Å²) in [6.07, 6.45) is 3.28. The zero-order valence-corrected chi connectivity index (χ0v) is 14.5. The smallest absolute Gasteiger partial charge is 0.242 e. The summed E-state index contributed by atoms with van der Waals surface area (Å²) in [6.45, 7) is -0.114. The SMILES string of the molecule is CN(Cc1nc(-c2ccncc2)no1)S(=O)(=O)C1CCS(=O)(=O)C1. The molecule has 9 nitrogen and oxygen atoms in total. The first kappa shape index (κ1) is 17.0. The molecule has 0 radical (unpaired) electrons. The van der Waals surface area contributed by atoms with E-state index in [1.165, 1.54) is 7.05 Å². The highest BCUT2D eigenvalue weighted by atomic mass is 32.2. The monoisotopic (exact) mass is 372 g/mol. The number of pyridine rings is 1. The van der Waals surface area contributed by atoms with Crippen molar-refractivity contribution < 1.29 is 21.4 Å². The molecule has 0 N–H and O–H groups in total. The Kier molecular flexibility index (Phi) is 4.40. The van der Waals surface area contributed by atoms with Gasteiger partial charge in [0, 0.05) is 25.0 Å². The van der Waals surface area contributed by atoms with Gasteiger partial charge in [0.25, 0.3) is 0 Å². The topological polar surface area (TPSA) is 123 Å². The van der Waals surface area contributed by atoms with Crippen molar-refractivity contribution in [2.24, 2.45) is 0 Å². The highest BCUT2D eigenvalue weighted by Gasteiger charge is 2.39. The van der Waals surface area contributed by atoms with Gasteiger partial charge >= 0.3 is 0 Å². The molecule has 1 unspecified atom stereocenters. The Morgan fingerprint density at radius 1 is 1.33 bits per heavy atom. The number of nitrogens with zero attached hydrogens (tertiary/aromatic N) is 4. The fourth-order valence-corrected chi connectivity index (χ4v) is 6.69. The summed E-state index contributed by atoms with van der Waals surface area (Å²) < 4.78 is 54.1. The molecule has 0 spiro atoms. The predicted molar refractivity (Wildman–Crippen MR) is 85.0 cm³/mol. The quantitative estimate of drug-likeness (QED) is 0.723. The summed E-state index contributed by atoms with van der Waals surface area (Å²) >= 11 is 0. The largest absolute Gasteiger partial charge is 0.338 e. The maximum atomic E-state index is 12.5. The second-order valence-corrected chi connectivity index (χ2v) is 10.1. The van der Waals surface area contributed by atoms with Crippen molar-refractivity contribution in [1.82, 2.24) is 19.4 Å². The standard InChI is InChI=1S/C13H16N4O5S2/c1-17(24(20,21)11-4-7-23(18,19)9-11)8-12-15-13(16-22-12)10-2-5-14-6-3-10/h2-3,5-6,11H,4,7-9H2,1H3. The van der Waals surface area contributed by atoms with Crippen LogP contribution in [0.3, 0.4) is 0 Å². The van der Waals surface area contributed by atoms with Crippen LogP contribution in [0.25, 0.3) is 11.4 Å². The molecule has 11 heteroatoms. The molecule has 2 aromatic heterocycles. The fraction of sp³-hybridized carbons (Fsp3) is 0.462. The van der Waals surface area contributed by atoms with E-state index < -0.39 is 25.1 Å². The van der Waals surface area contributed by atoms with Crippen LogP contribution in [0, 0.1) is 0 Å². The number of hydrogen-bond donors (Lipinski definition) is 0. The molecule has 1 atom stereocenters. The molecule has 1 aliphatic heterocycles. The van der Waals surface area contributed by atoms with E-state index in [-0.39, 0.29) is 30.4 Å². The molecule has 2 aromatic rings. The number of rotatable bonds is 5. The van der Waals surface area contributed by atoms with E-state index in [1.807, 2.05) is 0 Å². The van der Waals surface area contributed by atoms with Crippen molar-refractivity contribution in [1.29, 1.82) is 0 Å². The summed E-state index contributed by atoms with van der Waals surface area (Å²) in [5.41, 5.74) is 0.701. The maximum absolute atomic E-state index is 12.5. The van der Waals surface area contributed by atoms with Gasteiger partial charge in [0.2, 0.25) is 21.7 Å². The zero-order chi connectivity index (χ0) is 17.4. The first-order chi connectivity index (χ1) is 11.3. The van der Waals surface area contributed by atoms with Crippen molar-refractivity contribution >= 4 is 19.9 Å². The Labute approximate surface area is 139 Å². The van der Waals surface area contributed by atoms with E-state index in [2.05, 4.69) is 15.1 Å². The number of hydrogen-bond acceptors (Lipinski definition) is 8. The lowest BCUT2D eigenvalue weighted by molar-refractivity contribution is 0.335. The summed E-state index contributed by atoms with van der Waals surface area (Å²) in [4.78, 5) is 8.05. The van der Waals surface area contributed by atoms with Gasteiger partial charge in [-0.25, -0.2) is 16.8 Å². The lowest BCUT2D eigenvalue weighted by Crippen LogP contribution is -2.36. The Bertz CT molecular complexity index is 924. The molecule has 3 heterocycles. The van der Waals surface area contributed by atoms with Crippen LogP contribution in [-0.2, 0) is 26.4 Å². The van der Waals surface area contributed by atoms with Gasteiger partial charge in [-0.3, -0.25) is 4.98 Å². The van der Waals surface area contributed by atoms with Gasteiger partial charge in [0.15, 0.2) is 9.84 Å². The van der Waals surface area contributed by atoms with Crippen molar-refractivity contribution in [3.05, 3.63) is 30.4 Å². The first-order valence-corrected chi connectivity index (χ1v) is 10.5. The van der Waals surface area contributed by atoms with Crippen LogP contribution < -0.4 is 0 Å². The molecule has 1 aliphatic rings. The minimum Gasteiger partial charge on any atom is -0.338 e. The molecule has 24 heavy (non-hydrogen) atoms. The third-order valence-corrected chi connectivity index (χ3v) is 8.03. The number of sulfonamides is 1. The second-order valence-electron chi connectivity index (χ2n) is 5.57. The van der Waals surface area contributed by atoms with Crippen LogP contribution in [-0.4, -0.2) is 60.1 Å². The second kappa shape index (κ2) is 6.22. The van der Waals surface area contributed by atoms with E-state index in [9.17, 15) is 16.8 Å². The van der Waals surface area contributed by atoms with Crippen LogP contribution in [0.2, 0.25) is 0 Å². The molecule has 0 bridgehead atoms. The molecule has 3 rings (SSSR count). The van der Waals surface area contributed by atoms with Gasteiger partial charge in [-0.1, -0.05) is 5.16 Å². The van der Waals surface area contributed by atoms with Crippen molar-refractivity contribution in [3.63, 3.8) is 0 Å². The van der Waals surface area contributed by atoms with Crippen molar-refractivity contribution in [3.8, 4) is 11.4 Å². The lowest BCUT2D eigenvalue weighted by atomic mass is 10.2. The van der Waals surface area contributed by atoms with Crippen LogP contribution >= 0.6 is 0 Å². The van der Waals surface area contributed by atoms with Gasteiger partial charge < -0.3 is 4.52 Å². The van der Waals surface area contributed by atoms with Crippen LogP contribution in [0.5, 0.6) is 0 Å². The number of aromatic nitrogens is 3. The minimum absolute atomic E-state index is 0.0997. The number of sulfone groups is 1. The molecule has 0 amide bonds. The van der Waals surface area contributed by atoms with Gasteiger partial charge in [0.1, 0.15) is 0 Å². The third kappa shape index (κ3) is 3.47. The van der Waals surface area contributed by atoms with Crippen LogP contribution in [0.1, 0.15) is 12.3 Å². The summed E-state index contributed by atoms with van der Waals surface area (Å²) in [6, 6.07) is 3.41. The molecular formula is C13H16N4O5S2. The lowest BCUT2D eigenvalue weighted by Gasteiger charge is -2.18. The Morgan fingerprint density at radius 2 is 2.04 bits per heavy atom. The van der Waals surface area contributed by atoms with Gasteiger partial charge in [-0.05, 0) is 18.6 Å². The molecule has 130 valence electrons. The summed E-state index contributed by atoms with van der Waals surface area (Å²) in [5.74, 6) is 0.0267. The van der Waals surface area contributed by atoms with E-state index in [4.69, 9.17) is 4.52 Å². The summed E-state index contributed by atoms with van der Waals surface area (Å²) in [7, 11) is -5.66. The predicted octanol–water partition coefficient (Wildman–Crippen LogP) is 0.0803. The van der Waals surface area contributed by atoms with Crippen molar-refractivity contribution in [2.75, 3.05) is 18.6 Å². The zero-order valence-electron chi connectivity index (χ0n) is 12.9. The Morgan fingerprint density at radius 3 is 2.67 bits per heavy atom. The van der Waals surface area contributed by atoms with E-state index in [0.717, 1.165) is 4.31 Å². The van der Waals surface area contributed by atoms with Crippen LogP contribution in [0.15, 0.2) is 29.0 Å². The van der Waals surface area contributed by atoms with E-state index >= 15 is 0 Å². The summed E-state index contributed by atoms with van der Waals surface area (Å²) in [5, 5.41) is 2.89. The molecule has 1 fully saturated rings. The fourth-order valence-electron chi connectivity index (χ4n) is 2.47. The third-order valence-electron chi connectivity index (χ3n) is 3.81. The Balaban J connectivity index is 1.73. The van der Waals surface area contributed by atoms with E-state index in [0.29, 0.717) is 11.4 Å². The highest BCUT2D eigenvalue weighted by molar-refractivity contribution is 7.95. The molecule has 0 aliphatic carbocycles. The van der Waals surface area contributed by atoms with Crippen LogP contribution in [0.4, 0.5) is 0 Å². The van der Waals surface area contributed by atoms with Gasteiger partial charge in [-0.2, -0.15) is 9.29 Å². The van der Waals surface area contributed by atoms with Gasteiger partial charge in [0.05, 0.1) is 23.3 Å². The minimum atomic E-state index is -3.75. The Hall–Kier alpha value is -1.85. The van der Waals surface area contributed by atoms with Crippen molar-refractivity contribution in [2.45, 2.75) is 18.2 Å². The van der Waals surface area contributed by atoms with Gasteiger partial charge in [-0.15, -0.1) is 0 Å². The van der Waals surface area contributed by atoms with E-state index in [1.54, 1.807) is 24.5 Å². The first-order valence-electron chi connectivity index (χ1n) is 7.16. The highest BCUT2D eigenvalue weighted by Crippen LogP contribution is 2.23. The maximum Gasteiger partial charge on any atom is 0.242 e. The average molecular weight is 372 g/mol. The molecule has 1 saturated heterocycles. The molecular weight excluding hydrogens is 356 g/mol. The average Bonchev–Trinajstić information content (AvgIpc) is 3.15. The molecule has 0 aromatic carbocycles. The normalized spacial score (nSPS) is 20.5. The molecule has 0 saturated carbocycles.